The minimum absolute atomic E-state index is 0. The summed E-state index contributed by atoms with van der Waals surface area (Å²) in [7, 11) is -0.607. The summed E-state index contributed by atoms with van der Waals surface area (Å²) >= 11 is 0. The summed E-state index contributed by atoms with van der Waals surface area (Å²) in [5.74, 6) is 0. The van der Waals surface area contributed by atoms with E-state index >= 15 is 0 Å². The van der Waals surface area contributed by atoms with Crippen molar-refractivity contribution in [3.63, 3.8) is 0 Å². The Balaban J connectivity index is -0.000000325. The molecule has 1 aliphatic carbocycles. The number of halogens is 2. The Morgan fingerprint density at radius 2 is 1.48 bits per heavy atom. The van der Waals surface area contributed by atoms with Crippen LogP contribution in [0.15, 0.2) is 53.1 Å². The van der Waals surface area contributed by atoms with Gasteiger partial charge in [-0.25, -0.2) is 0 Å². The molecule has 1 atom stereocenters. The Kier molecular flexibility index (Phi) is 15.5. The minimum Gasteiger partial charge on any atom is -1.00 e. The third-order valence-electron chi connectivity index (χ3n) is 4.72. The molecule has 127 valence electrons. The maximum atomic E-state index is 6.94. The van der Waals surface area contributed by atoms with E-state index in [2.05, 4.69) is 46.9 Å². The Bertz CT molecular complexity index is 515. The van der Waals surface area contributed by atoms with Crippen molar-refractivity contribution >= 4 is 8.80 Å². The van der Waals surface area contributed by atoms with Crippen LogP contribution in [0.25, 0.3) is 5.73 Å². The number of rotatable bonds is 2. The van der Waals surface area contributed by atoms with Crippen molar-refractivity contribution in [1.82, 2.24) is 0 Å². The maximum absolute atomic E-state index is 6.94. The van der Waals surface area contributed by atoms with Crippen LogP contribution in [0.1, 0.15) is 33.3 Å². The molecule has 0 saturated heterocycles. The number of allylic oxidation sites excluding steroid dienone is 4. The molecule has 1 aromatic carbocycles. The molecule has 0 aliphatic heterocycles. The van der Waals surface area contributed by atoms with Gasteiger partial charge < -0.3 is 30.5 Å². The van der Waals surface area contributed by atoms with Crippen molar-refractivity contribution in [2.24, 2.45) is 0 Å². The molecule has 2 rings (SSSR count). The van der Waals surface area contributed by atoms with Crippen molar-refractivity contribution in [3.05, 3.63) is 64.4 Å². The number of hydrogen-bond donors (Lipinski definition) is 0. The molecular weight excluding hydrogens is 420 g/mol. The first kappa shape index (κ1) is 28.2. The summed E-state index contributed by atoms with van der Waals surface area (Å²) in [5.41, 5.74) is 12.7. The van der Waals surface area contributed by atoms with E-state index in [4.69, 9.17) is 5.73 Å². The molecule has 0 fully saturated rings. The first-order chi connectivity index (χ1) is 9.32. The fourth-order valence-corrected chi connectivity index (χ4v) is 4.23. The third kappa shape index (κ3) is 7.40. The van der Waals surface area contributed by atoms with Gasteiger partial charge in [-0.05, 0) is 31.4 Å². The van der Waals surface area contributed by atoms with E-state index in [0.717, 1.165) is 5.56 Å². The predicted molar refractivity (Wildman–Crippen MR) is 93.8 cm³/mol. The third-order valence-corrected chi connectivity index (χ3v) is 7.72. The average Bonchev–Trinajstić information content (AvgIpc) is 2.65. The van der Waals surface area contributed by atoms with Crippen molar-refractivity contribution in [1.29, 1.82) is 0 Å². The average molecular weight is 449 g/mol. The van der Waals surface area contributed by atoms with Crippen molar-refractivity contribution in [3.8, 4) is 0 Å². The molecule has 0 bridgehead atoms. The molecule has 0 heterocycles. The first-order valence-electron chi connectivity index (χ1n) is 7.39. The van der Waals surface area contributed by atoms with Crippen molar-refractivity contribution < 1.29 is 51.0 Å². The van der Waals surface area contributed by atoms with Gasteiger partial charge in [-0.2, -0.15) is 0 Å². The summed E-state index contributed by atoms with van der Waals surface area (Å²) in [5, 5.41) is 0.453. The van der Waals surface area contributed by atoms with Gasteiger partial charge in [0.2, 0.25) is 0 Å². The van der Waals surface area contributed by atoms with Crippen LogP contribution < -0.4 is 24.8 Å². The summed E-state index contributed by atoms with van der Waals surface area (Å²) in [4.78, 5) is 0. The Labute approximate surface area is 175 Å². The molecule has 1 unspecified atom stereocenters. The molecule has 0 aromatic heterocycles. The summed E-state index contributed by atoms with van der Waals surface area (Å²) in [6, 6.07) is 9.76. The van der Waals surface area contributed by atoms with Crippen LogP contribution in [0.5, 0.6) is 0 Å². The Hall–Kier alpha value is 0.340. The second-order valence-electron chi connectivity index (χ2n) is 6.18. The van der Waals surface area contributed by atoms with E-state index in [1.165, 1.54) is 11.1 Å². The van der Waals surface area contributed by atoms with Crippen LogP contribution in [0.4, 0.5) is 0 Å². The normalized spacial score (nSPS) is 18.9. The summed E-state index contributed by atoms with van der Waals surface area (Å²) in [6.07, 6.45) is 2.48. The molecule has 1 aromatic rings. The Morgan fingerprint density at radius 3 is 1.70 bits per heavy atom. The Morgan fingerprint density at radius 1 is 1.00 bits per heavy atom. The molecule has 0 spiro atoms. The fourth-order valence-electron chi connectivity index (χ4n) is 2.56. The number of hydrogen-bond acceptors (Lipinski definition) is 0. The zero-order valence-electron chi connectivity index (χ0n) is 15.0. The first-order valence-corrected chi connectivity index (χ1v) is 10.3. The molecule has 5 heteroatoms. The molecule has 0 saturated carbocycles. The van der Waals surface area contributed by atoms with Gasteiger partial charge in [0.15, 0.2) is 0 Å². The monoisotopic (exact) mass is 446 g/mol. The SMILES string of the molecule is CC1=CC(C)([SiH](C)C)C(C)=C1C.[Cl-].[Cl-].[NH-]Cc1ccccc1.[Zr+3]. The van der Waals surface area contributed by atoms with Gasteiger partial charge in [-0.3, -0.25) is 0 Å². The summed E-state index contributed by atoms with van der Waals surface area (Å²) in [6.45, 7) is 14.5. The van der Waals surface area contributed by atoms with Gasteiger partial charge in [-0.15, -0.1) is 6.54 Å². The second-order valence-corrected chi connectivity index (χ2v) is 9.69. The van der Waals surface area contributed by atoms with Gasteiger partial charge >= 0.3 is 26.2 Å². The number of nitrogens with one attached hydrogen (secondary N) is 1. The van der Waals surface area contributed by atoms with E-state index in [0.29, 0.717) is 11.6 Å². The van der Waals surface area contributed by atoms with Crippen LogP contribution >= 0.6 is 0 Å². The van der Waals surface area contributed by atoms with E-state index < -0.39 is 8.80 Å². The van der Waals surface area contributed by atoms with Crippen molar-refractivity contribution in [2.75, 3.05) is 0 Å². The van der Waals surface area contributed by atoms with Gasteiger partial charge in [0.1, 0.15) is 0 Å². The van der Waals surface area contributed by atoms with Gasteiger partial charge in [-0.1, -0.05) is 73.1 Å². The maximum Gasteiger partial charge on any atom is 3.00 e. The second kappa shape index (κ2) is 12.7. The standard InChI is InChI=1S/C11H20Si.C7H8N.2ClH.Zr/c1-8-7-11(4,12(5)6)10(3)9(8)2;8-6-7-4-2-1-3-5-7;;;/h7,12H,1-6H3;1-5,8H,6H2;2*1H;/q;-1;;;+3/p-2. The van der Waals surface area contributed by atoms with E-state index in [1.807, 2.05) is 30.3 Å². The summed E-state index contributed by atoms with van der Waals surface area (Å²) < 4.78 is 0. The van der Waals surface area contributed by atoms with E-state index in [-0.39, 0.29) is 51.0 Å². The fraction of sp³-hybridized carbons (Fsp3) is 0.444. The molecule has 1 radical (unpaired) electrons. The van der Waals surface area contributed by atoms with Crippen LogP contribution in [0, 0.1) is 0 Å². The minimum atomic E-state index is -0.607. The van der Waals surface area contributed by atoms with Crippen molar-refractivity contribution in [2.45, 2.75) is 52.4 Å². The number of benzene rings is 1. The van der Waals surface area contributed by atoms with Gasteiger partial charge in [0.05, 0.1) is 0 Å². The van der Waals surface area contributed by atoms with Gasteiger partial charge in [0, 0.05) is 8.80 Å². The topological polar surface area (TPSA) is 23.8 Å². The molecular formula is C18H28Cl2NSiZr. The zero-order valence-corrected chi connectivity index (χ0v) is 20.1. The molecule has 1 nitrogen and oxygen atoms in total. The smallest absolute Gasteiger partial charge is 1.00 e. The molecule has 1 N–H and O–H groups in total. The van der Waals surface area contributed by atoms with E-state index in [9.17, 15) is 0 Å². The molecule has 0 amide bonds. The van der Waals surface area contributed by atoms with Crippen LogP contribution in [-0.4, -0.2) is 8.80 Å². The van der Waals surface area contributed by atoms with Crippen LogP contribution in [0.3, 0.4) is 0 Å². The van der Waals surface area contributed by atoms with Crippen LogP contribution in [0.2, 0.25) is 18.1 Å². The predicted octanol–water partition coefficient (Wildman–Crippen LogP) is -0.226. The van der Waals surface area contributed by atoms with E-state index in [1.54, 1.807) is 5.57 Å². The largest absolute Gasteiger partial charge is 3.00 e. The zero-order chi connectivity index (χ0) is 15.3. The molecule has 23 heavy (non-hydrogen) atoms. The quantitative estimate of drug-likeness (QED) is 0.559. The molecule has 1 aliphatic rings. The van der Waals surface area contributed by atoms with Gasteiger partial charge in [0.25, 0.3) is 0 Å². The van der Waals surface area contributed by atoms with Crippen LogP contribution in [-0.2, 0) is 32.7 Å².